The molecule has 0 bridgehead atoms. The normalized spacial score (nSPS) is 22.4. The van der Waals surface area contributed by atoms with Crippen LogP contribution < -0.4 is 5.73 Å². The molecular formula is C15H16N2O2. The maximum atomic E-state index is 10.3. The predicted molar refractivity (Wildman–Crippen MR) is 72.8 cm³/mol. The molecule has 0 aromatic heterocycles. The minimum absolute atomic E-state index is 0.470. The van der Waals surface area contributed by atoms with Crippen LogP contribution in [0.3, 0.4) is 0 Å². The fourth-order valence-electron chi connectivity index (χ4n) is 2.48. The van der Waals surface area contributed by atoms with Crippen molar-refractivity contribution in [3.05, 3.63) is 65.2 Å². The first-order valence-electron chi connectivity index (χ1n) is 6.22. The van der Waals surface area contributed by atoms with E-state index in [-0.39, 0.29) is 0 Å². The van der Waals surface area contributed by atoms with Gasteiger partial charge in [0, 0.05) is 23.4 Å². The largest absolute Gasteiger partial charge is 0.399 e. The van der Waals surface area contributed by atoms with E-state index < -0.39 is 12.5 Å². The molecule has 0 saturated heterocycles. The minimum Gasteiger partial charge on any atom is -0.399 e. The number of fused-ring (bicyclic) bond motifs is 1. The highest BCUT2D eigenvalue weighted by molar-refractivity contribution is 5.40. The molecule has 4 nitrogen and oxygen atoms in total. The number of anilines is 1. The van der Waals surface area contributed by atoms with Crippen molar-refractivity contribution in [1.29, 1.82) is 0 Å². The lowest BCUT2D eigenvalue weighted by atomic mass is 10.1. The van der Waals surface area contributed by atoms with Crippen LogP contribution in [0.15, 0.2) is 48.5 Å². The fourth-order valence-corrected chi connectivity index (χ4v) is 2.48. The molecule has 0 aliphatic carbocycles. The van der Waals surface area contributed by atoms with Crippen LogP contribution in [-0.2, 0) is 6.54 Å². The number of rotatable bonds is 2. The zero-order valence-electron chi connectivity index (χ0n) is 10.4. The van der Waals surface area contributed by atoms with Crippen LogP contribution in [0.25, 0.3) is 0 Å². The van der Waals surface area contributed by atoms with Gasteiger partial charge in [-0.05, 0) is 17.7 Å². The number of nitrogens with two attached hydrogens (primary N) is 1. The molecule has 0 spiro atoms. The van der Waals surface area contributed by atoms with Crippen molar-refractivity contribution in [3.8, 4) is 0 Å². The van der Waals surface area contributed by atoms with E-state index in [1.807, 2.05) is 48.5 Å². The number of nitrogens with zero attached hydrogens (tertiary/aromatic N) is 1. The summed E-state index contributed by atoms with van der Waals surface area (Å²) in [4.78, 5) is 1.65. The smallest absolute Gasteiger partial charge is 0.136 e. The van der Waals surface area contributed by atoms with Crippen LogP contribution in [0.2, 0.25) is 0 Å². The van der Waals surface area contributed by atoms with Gasteiger partial charge in [-0.2, -0.15) is 0 Å². The molecular weight excluding hydrogens is 240 g/mol. The van der Waals surface area contributed by atoms with Crippen molar-refractivity contribution in [2.75, 3.05) is 5.73 Å². The summed E-state index contributed by atoms with van der Waals surface area (Å²) in [6, 6.07) is 14.8. The molecule has 98 valence electrons. The van der Waals surface area contributed by atoms with Gasteiger partial charge in [-0.15, -0.1) is 0 Å². The minimum atomic E-state index is -0.774. The summed E-state index contributed by atoms with van der Waals surface area (Å²) in [5, 5.41) is 20.5. The number of nitrogen functional groups attached to an aromatic ring is 1. The predicted octanol–water partition coefficient (Wildman–Crippen LogP) is 1.77. The van der Waals surface area contributed by atoms with E-state index in [9.17, 15) is 10.2 Å². The lowest BCUT2D eigenvalue weighted by molar-refractivity contribution is -0.0902. The molecule has 0 amide bonds. The molecule has 2 unspecified atom stereocenters. The van der Waals surface area contributed by atoms with Gasteiger partial charge in [0.05, 0.1) is 0 Å². The van der Waals surface area contributed by atoms with Crippen molar-refractivity contribution in [3.63, 3.8) is 0 Å². The third-order valence-electron chi connectivity index (χ3n) is 3.53. The van der Waals surface area contributed by atoms with E-state index in [2.05, 4.69) is 0 Å². The van der Waals surface area contributed by atoms with Crippen LogP contribution in [0.4, 0.5) is 5.69 Å². The van der Waals surface area contributed by atoms with Gasteiger partial charge >= 0.3 is 0 Å². The first-order chi connectivity index (χ1) is 9.16. The van der Waals surface area contributed by atoms with Gasteiger partial charge in [0.1, 0.15) is 12.5 Å². The van der Waals surface area contributed by atoms with Crippen molar-refractivity contribution < 1.29 is 10.2 Å². The number of hydrogen-bond acceptors (Lipinski definition) is 4. The zero-order valence-corrected chi connectivity index (χ0v) is 10.4. The first kappa shape index (κ1) is 12.2. The number of aliphatic hydroxyl groups excluding tert-OH is 2. The number of benzene rings is 2. The maximum Gasteiger partial charge on any atom is 0.136 e. The van der Waals surface area contributed by atoms with Crippen molar-refractivity contribution in [2.24, 2.45) is 0 Å². The van der Waals surface area contributed by atoms with Crippen LogP contribution in [0.1, 0.15) is 29.1 Å². The second-order valence-electron chi connectivity index (χ2n) is 4.79. The van der Waals surface area contributed by atoms with Gasteiger partial charge in [0.25, 0.3) is 0 Å². The Bertz CT molecular complexity index is 554. The number of aliphatic hydroxyl groups is 2. The van der Waals surface area contributed by atoms with Crippen LogP contribution in [-0.4, -0.2) is 15.1 Å². The molecule has 4 N–H and O–H groups in total. The van der Waals surface area contributed by atoms with E-state index in [0.717, 1.165) is 16.7 Å². The second kappa shape index (κ2) is 4.66. The van der Waals surface area contributed by atoms with E-state index in [1.54, 1.807) is 4.90 Å². The highest BCUT2D eigenvalue weighted by atomic mass is 16.3. The van der Waals surface area contributed by atoms with Crippen molar-refractivity contribution in [1.82, 2.24) is 4.90 Å². The lowest BCUT2D eigenvalue weighted by Gasteiger charge is -2.24. The third kappa shape index (κ3) is 2.10. The Morgan fingerprint density at radius 3 is 1.95 bits per heavy atom. The molecule has 0 saturated carbocycles. The molecule has 2 aromatic carbocycles. The monoisotopic (exact) mass is 256 g/mol. The van der Waals surface area contributed by atoms with E-state index in [0.29, 0.717) is 12.2 Å². The van der Waals surface area contributed by atoms with E-state index in [1.165, 1.54) is 0 Å². The second-order valence-corrected chi connectivity index (χ2v) is 4.79. The Morgan fingerprint density at radius 2 is 1.42 bits per heavy atom. The molecule has 1 aliphatic rings. The first-order valence-corrected chi connectivity index (χ1v) is 6.22. The van der Waals surface area contributed by atoms with Crippen LogP contribution >= 0.6 is 0 Å². The highest BCUT2D eigenvalue weighted by Crippen LogP contribution is 2.39. The summed E-state index contributed by atoms with van der Waals surface area (Å²) in [6.45, 7) is 0.470. The van der Waals surface area contributed by atoms with Crippen molar-refractivity contribution in [2.45, 2.75) is 19.0 Å². The van der Waals surface area contributed by atoms with Crippen molar-refractivity contribution >= 4 is 5.69 Å². The molecule has 0 radical (unpaired) electrons. The van der Waals surface area contributed by atoms with Crippen LogP contribution in [0, 0.1) is 0 Å². The molecule has 1 aliphatic heterocycles. The molecule has 4 heteroatoms. The molecule has 19 heavy (non-hydrogen) atoms. The topological polar surface area (TPSA) is 69.7 Å². The average Bonchev–Trinajstić information content (AvgIpc) is 2.67. The zero-order chi connectivity index (χ0) is 13.4. The Morgan fingerprint density at radius 1 is 0.895 bits per heavy atom. The highest BCUT2D eigenvalue weighted by Gasteiger charge is 2.35. The Kier molecular flexibility index (Phi) is 2.98. The average molecular weight is 256 g/mol. The standard InChI is InChI=1S/C15H16N2O2/c16-11-7-5-10(6-8-11)9-17-14(18)12-3-1-2-4-13(12)15(17)19/h1-8,14-15,18-19H,9,16H2. The van der Waals surface area contributed by atoms with Gasteiger partial charge in [-0.1, -0.05) is 36.4 Å². The van der Waals surface area contributed by atoms with Gasteiger partial charge < -0.3 is 15.9 Å². The molecule has 3 rings (SSSR count). The van der Waals surface area contributed by atoms with E-state index in [4.69, 9.17) is 5.73 Å². The molecule has 1 heterocycles. The maximum absolute atomic E-state index is 10.3. The Hall–Kier alpha value is -1.88. The Balaban J connectivity index is 1.85. The summed E-state index contributed by atoms with van der Waals surface area (Å²) in [6.07, 6.45) is -1.55. The fraction of sp³-hybridized carbons (Fsp3) is 0.200. The van der Waals surface area contributed by atoms with Gasteiger partial charge in [0.15, 0.2) is 0 Å². The third-order valence-corrected chi connectivity index (χ3v) is 3.53. The lowest BCUT2D eigenvalue weighted by Crippen LogP contribution is -2.25. The summed E-state index contributed by atoms with van der Waals surface area (Å²) in [5.41, 5.74) is 8.89. The van der Waals surface area contributed by atoms with Gasteiger partial charge in [-0.3, -0.25) is 0 Å². The SMILES string of the molecule is Nc1ccc(CN2C(O)c3ccccc3C2O)cc1. The summed E-state index contributed by atoms with van der Waals surface area (Å²) >= 11 is 0. The molecule has 2 aromatic rings. The van der Waals surface area contributed by atoms with E-state index >= 15 is 0 Å². The summed E-state index contributed by atoms with van der Waals surface area (Å²) in [5.74, 6) is 0. The van der Waals surface area contributed by atoms with Gasteiger partial charge in [-0.25, -0.2) is 4.90 Å². The number of hydrogen-bond donors (Lipinski definition) is 3. The summed E-state index contributed by atoms with van der Waals surface area (Å²) in [7, 11) is 0. The Labute approximate surface area is 111 Å². The molecule has 2 atom stereocenters. The van der Waals surface area contributed by atoms with Crippen LogP contribution in [0.5, 0.6) is 0 Å². The van der Waals surface area contributed by atoms with Gasteiger partial charge in [0.2, 0.25) is 0 Å². The summed E-state index contributed by atoms with van der Waals surface area (Å²) < 4.78 is 0. The molecule has 0 fully saturated rings. The quantitative estimate of drug-likeness (QED) is 0.716.